The normalized spacial score (nSPS) is 10.4. The number of thiophene rings is 1. The molecule has 0 saturated heterocycles. The number of hydrogen-bond acceptors (Lipinski definition) is 7. The molecule has 1 aromatic carbocycles. The number of carbonyl (C=O) groups excluding carboxylic acids is 3. The zero-order valence-electron chi connectivity index (χ0n) is 15.3. The Morgan fingerprint density at radius 1 is 1.15 bits per heavy atom. The number of amides is 2. The second-order valence-corrected chi connectivity index (χ2v) is 6.95. The molecule has 0 radical (unpaired) electrons. The first-order valence-electron chi connectivity index (χ1n) is 8.26. The van der Waals surface area contributed by atoms with Gasteiger partial charge in [0.1, 0.15) is 0 Å². The molecule has 1 heterocycles. The number of hydrogen-bond donors (Lipinski definition) is 1. The van der Waals surface area contributed by atoms with E-state index in [2.05, 4.69) is 5.32 Å². The van der Waals surface area contributed by atoms with Crippen LogP contribution in [0, 0.1) is 5.92 Å². The summed E-state index contributed by atoms with van der Waals surface area (Å²) in [5, 5.41) is 3.88. The Morgan fingerprint density at radius 2 is 1.93 bits per heavy atom. The van der Waals surface area contributed by atoms with Crippen LogP contribution >= 0.6 is 11.3 Å². The lowest BCUT2D eigenvalue weighted by molar-refractivity contribution is -0.123. The van der Waals surface area contributed by atoms with Gasteiger partial charge < -0.3 is 14.2 Å². The summed E-state index contributed by atoms with van der Waals surface area (Å²) in [5.74, 6) is -0.688. The van der Waals surface area contributed by atoms with Crippen LogP contribution in [0.2, 0.25) is 0 Å². The Kier molecular flexibility index (Phi) is 7.36. The number of methoxy groups -OCH3 is 1. The maximum Gasteiger partial charge on any atom is 0.338 e. The third-order valence-electron chi connectivity index (χ3n) is 3.30. The van der Waals surface area contributed by atoms with Crippen LogP contribution < -0.4 is 14.8 Å². The van der Waals surface area contributed by atoms with Crippen LogP contribution in [0.3, 0.4) is 0 Å². The summed E-state index contributed by atoms with van der Waals surface area (Å²) in [5.41, 5.74) is 0.209. The Hall–Kier alpha value is -2.87. The molecule has 7 nitrogen and oxygen atoms in total. The lowest BCUT2D eigenvalue weighted by Crippen LogP contribution is -2.33. The van der Waals surface area contributed by atoms with Crippen molar-refractivity contribution in [3.8, 4) is 11.5 Å². The first-order chi connectivity index (χ1) is 12.9. The minimum atomic E-state index is -0.706. The van der Waals surface area contributed by atoms with Crippen molar-refractivity contribution >= 4 is 29.1 Å². The summed E-state index contributed by atoms with van der Waals surface area (Å²) < 4.78 is 15.8. The molecule has 0 saturated carbocycles. The van der Waals surface area contributed by atoms with E-state index in [9.17, 15) is 14.4 Å². The molecule has 0 aliphatic rings. The van der Waals surface area contributed by atoms with Crippen molar-refractivity contribution in [2.24, 2.45) is 5.92 Å². The van der Waals surface area contributed by atoms with Gasteiger partial charge in [0.25, 0.3) is 11.8 Å². The smallest absolute Gasteiger partial charge is 0.338 e. The molecule has 8 heteroatoms. The number of imide groups is 1. The molecular formula is C19H21NO6S. The number of carbonyl (C=O) groups is 3. The van der Waals surface area contributed by atoms with Crippen molar-refractivity contribution in [2.75, 3.05) is 20.3 Å². The van der Waals surface area contributed by atoms with E-state index in [1.165, 1.54) is 30.6 Å². The zero-order valence-corrected chi connectivity index (χ0v) is 16.1. The van der Waals surface area contributed by atoms with Crippen molar-refractivity contribution in [1.29, 1.82) is 0 Å². The fourth-order valence-electron chi connectivity index (χ4n) is 2.02. The molecule has 0 bridgehead atoms. The quantitative estimate of drug-likeness (QED) is 0.696. The summed E-state index contributed by atoms with van der Waals surface area (Å²) in [6.45, 7) is 3.99. The third kappa shape index (κ3) is 6.10. The minimum Gasteiger partial charge on any atom is -0.493 e. The Bertz CT molecular complexity index is 801. The summed E-state index contributed by atoms with van der Waals surface area (Å²) >= 11 is 1.21. The Morgan fingerprint density at radius 3 is 2.56 bits per heavy atom. The fraction of sp³-hybridized carbons (Fsp3) is 0.316. The van der Waals surface area contributed by atoms with E-state index in [0.29, 0.717) is 28.9 Å². The molecule has 0 spiro atoms. The van der Waals surface area contributed by atoms with Gasteiger partial charge in [-0.05, 0) is 35.6 Å². The molecule has 2 aromatic rings. The standard InChI is InChI=1S/C19H21NO6S/c1-12(2)10-25-14-7-6-13(9-15(14)24-3)19(23)26-11-17(21)20-18(22)16-5-4-8-27-16/h4-9,12H,10-11H2,1-3H3,(H,20,21,22). The van der Waals surface area contributed by atoms with E-state index in [1.54, 1.807) is 23.6 Å². The highest BCUT2D eigenvalue weighted by atomic mass is 32.1. The second-order valence-electron chi connectivity index (χ2n) is 6.00. The van der Waals surface area contributed by atoms with E-state index < -0.39 is 24.4 Å². The molecular weight excluding hydrogens is 370 g/mol. The molecule has 0 aliphatic heterocycles. The number of rotatable bonds is 8. The van der Waals surface area contributed by atoms with Crippen molar-refractivity contribution in [2.45, 2.75) is 13.8 Å². The molecule has 2 rings (SSSR count). The SMILES string of the molecule is COc1cc(C(=O)OCC(=O)NC(=O)c2cccs2)ccc1OCC(C)C. The minimum absolute atomic E-state index is 0.209. The van der Waals surface area contributed by atoms with Crippen LogP contribution in [0.5, 0.6) is 11.5 Å². The highest BCUT2D eigenvalue weighted by molar-refractivity contribution is 7.12. The van der Waals surface area contributed by atoms with Crippen LogP contribution in [-0.4, -0.2) is 38.1 Å². The van der Waals surface area contributed by atoms with Crippen LogP contribution in [0.4, 0.5) is 0 Å². The van der Waals surface area contributed by atoms with Gasteiger partial charge >= 0.3 is 5.97 Å². The summed E-state index contributed by atoms with van der Waals surface area (Å²) in [6.07, 6.45) is 0. The zero-order chi connectivity index (χ0) is 19.8. The monoisotopic (exact) mass is 391 g/mol. The maximum absolute atomic E-state index is 12.1. The number of ether oxygens (including phenoxy) is 3. The Labute approximate surface area is 161 Å². The van der Waals surface area contributed by atoms with Gasteiger partial charge in [0, 0.05) is 0 Å². The second kappa shape index (κ2) is 9.72. The highest BCUT2D eigenvalue weighted by Gasteiger charge is 2.16. The van der Waals surface area contributed by atoms with E-state index in [1.807, 2.05) is 13.8 Å². The fourth-order valence-corrected chi connectivity index (χ4v) is 2.64. The third-order valence-corrected chi connectivity index (χ3v) is 4.17. The van der Waals surface area contributed by atoms with Gasteiger partial charge in [0.05, 0.1) is 24.2 Å². The van der Waals surface area contributed by atoms with Crippen molar-refractivity contribution in [1.82, 2.24) is 5.32 Å². The average molecular weight is 391 g/mol. The van der Waals surface area contributed by atoms with Crippen LogP contribution in [-0.2, 0) is 9.53 Å². The van der Waals surface area contributed by atoms with Crippen molar-refractivity contribution in [3.63, 3.8) is 0 Å². The van der Waals surface area contributed by atoms with E-state index in [-0.39, 0.29) is 5.56 Å². The number of benzene rings is 1. The van der Waals surface area contributed by atoms with Gasteiger partial charge in [-0.2, -0.15) is 0 Å². The molecule has 1 N–H and O–H groups in total. The predicted octanol–water partition coefficient (Wildman–Crippen LogP) is 2.90. The Balaban J connectivity index is 1.91. The van der Waals surface area contributed by atoms with Crippen molar-refractivity contribution < 1.29 is 28.6 Å². The summed E-state index contributed by atoms with van der Waals surface area (Å²) in [7, 11) is 1.47. The number of esters is 1. The maximum atomic E-state index is 12.1. The molecule has 2 amide bonds. The van der Waals surface area contributed by atoms with Gasteiger partial charge in [-0.1, -0.05) is 19.9 Å². The van der Waals surface area contributed by atoms with Crippen LogP contribution in [0.1, 0.15) is 33.9 Å². The molecule has 0 fully saturated rings. The largest absolute Gasteiger partial charge is 0.493 e. The van der Waals surface area contributed by atoms with Gasteiger partial charge in [0.2, 0.25) is 0 Å². The van der Waals surface area contributed by atoms with E-state index in [4.69, 9.17) is 14.2 Å². The molecule has 144 valence electrons. The van der Waals surface area contributed by atoms with Crippen LogP contribution in [0.15, 0.2) is 35.7 Å². The van der Waals surface area contributed by atoms with E-state index in [0.717, 1.165) is 0 Å². The topological polar surface area (TPSA) is 90.9 Å². The summed E-state index contributed by atoms with van der Waals surface area (Å²) in [6, 6.07) is 7.90. The summed E-state index contributed by atoms with van der Waals surface area (Å²) in [4.78, 5) is 36.1. The van der Waals surface area contributed by atoms with Gasteiger partial charge in [-0.15, -0.1) is 11.3 Å². The number of nitrogens with one attached hydrogen (secondary N) is 1. The molecule has 0 atom stereocenters. The first kappa shape index (κ1) is 20.4. The highest BCUT2D eigenvalue weighted by Crippen LogP contribution is 2.28. The molecule has 0 unspecified atom stereocenters. The van der Waals surface area contributed by atoms with Gasteiger partial charge in [-0.25, -0.2) is 4.79 Å². The average Bonchev–Trinajstić information content (AvgIpc) is 3.19. The predicted molar refractivity (Wildman–Crippen MR) is 100 cm³/mol. The molecule has 0 aliphatic carbocycles. The molecule has 1 aromatic heterocycles. The lowest BCUT2D eigenvalue weighted by atomic mass is 10.2. The van der Waals surface area contributed by atoms with Gasteiger partial charge in [0.15, 0.2) is 18.1 Å². The van der Waals surface area contributed by atoms with E-state index >= 15 is 0 Å². The van der Waals surface area contributed by atoms with Gasteiger partial charge in [-0.3, -0.25) is 14.9 Å². The molecule has 27 heavy (non-hydrogen) atoms. The lowest BCUT2D eigenvalue weighted by Gasteiger charge is -2.13. The first-order valence-corrected chi connectivity index (χ1v) is 9.14. The van der Waals surface area contributed by atoms with Crippen LogP contribution in [0.25, 0.3) is 0 Å². The van der Waals surface area contributed by atoms with Crippen molar-refractivity contribution in [3.05, 3.63) is 46.2 Å².